The monoisotopic (exact) mass is 431 g/mol. The van der Waals surface area contributed by atoms with Gasteiger partial charge in [-0.3, -0.25) is 4.79 Å². The van der Waals surface area contributed by atoms with Gasteiger partial charge in [-0.15, -0.1) is 0 Å². The second kappa shape index (κ2) is 9.56. The molecule has 1 aliphatic rings. The molecule has 0 radical (unpaired) electrons. The van der Waals surface area contributed by atoms with E-state index >= 15 is 0 Å². The number of benzene rings is 3. The zero-order valence-electron chi connectivity index (χ0n) is 17.8. The summed E-state index contributed by atoms with van der Waals surface area (Å²) in [7, 11) is 0. The average Bonchev–Trinajstić information content (AvgIpc) is 3.11. The van der Waals surface area contributed by atoms with Crippen LogP contribution in [-0.2, 0) is 9.53 Å². The van der Waals surface area contributed by atoms with Crippen molar-refractivity contribution in [2.75, 3.05) is 13.2 Å². The van der Waals surface area contributed by atoms with Gasteiger partial charge in [-0.25, -0.2) is 4.79 Å². The highest BCUT2D eigenvalue weighted by Crippen LogP contribution is 2.44. The summed E-state index contributed by atoms with van der Waals surface area (Å²) >= 11 is 0. The lowest BCUT2D eigenvalue weighted by atomic mass is 9.98. The number of alkyl carbamates (subject to hydrolysis) is 1. The van der Waals surface area contributed by atoms with Gasteiger partial charge in [0, 0.05) is 5.92 Å². The van der Waals surface area contributed by atoms with E-state index in [4.69, 9.17) is 9.47 Å². The minimum Gasteiger partial charge on any atom is -0.494 e. The zero-order chi connectivity index (χ0) is 22.5. The molecule has 0 heterocycles. The van der Waals surface area contributed by atoms with Crippen molar-refractivity contribution < 1.29 is 24.2 Å². The quantitative estimate of drug-likeness (QED) is 0.516. The number of ether oxygens (including phenoxy) is 2. The van der Waals surface area contributed by atoms with Crippen molar-refractivity contribution in [2.24, 2.45) is 0 Å². The fourth-order valence-electron chi connectivity index (χ4n) is 4.17. The van der Waals surface area contributed by atoms with Gasteiger partial charge in [-0.05, 0) is 46.9 Å². The lowest BCUT2D eigenvalue weighted by Gasteiger charge is -2.19. The van der Waals surface area contributed by atoms with Crippen LogP contribution < -0.4 is 10.1 Å². The Hall–Kier alpha value is -3.80. The second-order valence-corrected chi connectivity index (χ2v) is 7.62. The number of aliphatic carboxylic acids is 1. The van der Waals surface area contributed by atoms with E-state index in [-0.39, 0.29) is 18.9 Å². The Morgan fingerprint density at radius 3 is 2.09 bits per heavy atom. The summed E-state index contributed by atoms with van der Waals surface area (Å²) in [6, 6.07) is 22.5. The summed E-state index contributed by atoms with van der Waals surface area (Å²) in [6.45, 7) is 2.60. The van der Waals surface area contributed by atoms with Gasteiger partial charge in [-0.2, -0.15) is 0 Å². The number of hydrogen-bond acceptors (Lipinski definition) is 4. The van der Waals surface area contributed by atoms with E-state index in [2.05, 4.69) is 29.6 Å². The van der Waals surface area contributed by atoms with E-state index in [0.29, 0.717) is 17.9 Å². The van der Waals surface area contributed by atoms with Crippen LogP contribution in [0, 0.1) is 0 Å². The van der Waals surface area contributed by atoms with E-state index in [1.165, 1.54) is 0 Å². The van der Waals surface area contributed by atoms with Gasteiger partial charge in [0.25, 0.3) is 0 Å². The molecule has 32 heavy (non-hydrogen) atoms. The first kappa shape index (κ1) is 21.4. The van der Waals surface area contributed by atoms with Crippen molar-refractivity contribution >= 4 is 12.1 Å². The lowest BCUT2D eigenvalue weighted by Crippen LogP contribution is -2.31. The summed E-state index contributed by atoms with van der Waals surface area (Å²) < 4.78 is 11.0. The predicted molar refractivity (Wildman–Crippen MR) is 121 cm³/mol. The van der Waals surface area contributed by atoms with E-state index in [9.17, 15) is 14.7 Å². The minimum absolute atomic E-state index is 0.0588. The van der Waals surface area contributed by atoms with Crippen molar-refractivity contribution in [3.63, 3.8) is 0 Å². The average molecular weight is 431 g/mol. The largest absolute Gasteiger partial charge is 0.494 e. The number of carboxylic acids is 1. The number of amides is 1. The molecular formula is C26H25NO5. The Bertz CT molecular complexity index is 1060. The van der Waals surface area contributed by atoms with Crippen molar-refractivity contribution in [2.45, 2.75) is 25.3 Å². The van der Waals surface area contributed by atoms with E-state index in [1.807, 2.05) is 31.2 Å². The van der Waals surface area contributed by atoms with Crippen LogP contribution in [0.2, 0.25) is 0 Å². The van der Waals surface area contributed by atoms with Crippen LogP contribution in [0.15, 0.2) is 72.8 Å². The highest BCUT2D eigenvalue weighted by Gasteiger charge is 2.29. The summed E-state index contributed by atoms with van der Waals surface area (Å²) in [5.41, 5.74) is 5.21. The van der Waals surface area contributed by atoms with Crippen LogP contribution in [0.5, 0.6) is 5.75 Å². The van der Waals surface area contributed by atoms with Crippen molar-refractivity contribution in [1.29, 1.82) is 0 Å². The summed E-state index contributed by atoms with van der Waals surface area (Å²) in [5, 5.41) is 12.0. The van der Waals surface area contributed by atoms with Crippen molar-refractivity contribution in [1.82, 2.24) is 5.32 Å². The Kier molecular flexibility index (Phi) is 6.40. The van der Waals surface area contributed by atoms with Crippen LogP contribution in [0.4, 0.5) is 4.79 Å². The predicted octanol–water partition coefficient (Wildman–Crippen LogP) is 5.14. The van der Waals surface area contributed by atoms with Gasteiger partial charge >= 0.3 is 12.1 Å². The first-order valence-corrected chi connectivity index (χ1v) is 10.6. The molecule has 0 spiro atoms. The number of rotatable bonds is 8. The zero-order valence-corrected chi connectivity index (χ0v) is 17.8. The standard InChI is InChI=1S/C26H25NO5/c1-2-31-18-13-11-17(12-14-18)24(15-25(28)29)27-26(30)32-16-23-21-9-5-3-7-19(21)20-8-4-6-10-22(20)23/h3-14,23-24H,2,15-16H2,1H3,(H,27,30)(H,28,29). The van der Waals surface area contributed by atoms with Crippen LogP contribution in [0.3, 0.4) is 0 Å². The fraction of sp³-hybridized carbons (Fsp3) is 0.231. The summed E-state index contributed by atoms with van der Waals surface area (Å²) in [5.74, 6) is -0.383. The Balaban J connectivity index is 1.45. The Morgan fingerprint density at radius 1 is 0.938 bits per heavy atom. The van der Waals surface area contributed by atoms with E-state index in [1.54, 1.807) is 24.3 Å². The maximum Gasteiger partial charge on any atom is 0.407 e. The van der Waals surface area contributed by atoms with E-state index in [0.717, 1.165) is 22.3 Å². The molecule has 0 fully saturated rings. The second-order valence-electron chi connectivity index (χ2n) is 7.62. The molecule has 0 bridgehead atoms. The third kappa shape index (κ3) is 4.59. The molecule has 6 nitrogen and oxygen atoms in total. The van der Waals surface area contributed by atoms with Gasteiger partial charge in [0.15, 0.2) is 0 Å². The molecule has 0 saturated carbocycles. The number of carboxylic acid groups (broad SMARTS) is 1. The Morgan fingerprint density at radius 2 is 1.53 bits per heavy atom. The highest BCUT2D eigenvalue weighted by molar-refractivity contribution is 5.79. The molecule has 6 heteroatoms. The van der Waals surface area contributed by atoms with E-state index < -0.39 is 18.1 Å². The first-order chi connectivity index (χ1) is 15.6. The number of carbonyl (C=O) groups excluding carboxylic acids is 1. The molecule has 4 rings (SSSR count). The van der Waals surface area contributed by atoms with Gasteiger partial charge in [-0.1, -0.05) is 60.7 Å². The smallest absolute Gasteiger partial charge is 0.407 e. The number of carbonyl (C=O) groups is 2. The third-order valence-electron chi connectivity index (χ3n) is 5.61. The summed E-state index contributed by atoms with van der Waals surface area (Å²) in [6.07, 6.45) is -0.898. The lowest BCUT2D eigenvalue weighted by molar-refractivity contribution is -0.137. The first-order valence-electron chi connectivity index (χ1n) is 10.6. The molecule has 0 saturated heterocycles. The molecule has 1 atom stereocenters. The molecule has 2 N–H and O–H groups in total. The third-order valence-corrected chi connectivity index (χ3v) is 5.61. The van der Waals surface area contributed by atoms with Crippen molar-refractivity contribution in [3.05, 3.63) is 89.5 Å². The molecule has 164 valence electrons. The molecule has 3 aromatic carbocycles. The number of nitrogens with one attached hydrogen (secondary N) is 1. The number of hydrogen-bond donors (Lipinski definition) is 2. The molecule has 0 aliphatic heterocycles. The van der Waals surface area contributed by atoms with Gasteiger partial charge in [0.1, 0.15) is 12.4 Å². The molecular weight excluding hydrogens is 406 g/mol. The van der Waals surface area contributed by atoms with Gasteiger partial charge in [0.2, 0.25) is 0 Å². The van der Waals surface area contributed by atoms with Crippen molar-refractivity contribution in [3.8, 4) is 16.9 Å². The number of fused-ring (bicyclic) bond motifs is 3. The van der Waals surface area contributed by atoms with Crippen LogP contribution in [-0.4, -0.2) is 30.4 Å². The van der Waals surface area contributed by atoms with Crippen LogP contribution in [0.25, 0.3) is 11.1 Å². The summed E-state index contributed by atoms with van der Waals surface area (Å²) in [4.78, 5) is 24.0. The van der Waals surface area contributed by atoms with Gasteiger partial charge in [0.05, 0.1) is 19.1 Å². The molecule has 1 amide bonds. The fourth-order valence-corrected chi connectivity index (χ4v) is 4.17. The molecule has 0 aromatic heterocycles. The molecule has 1 unspecified atom stereocenters. The van der Waals surface area contributed by atoms with Crippen LogP contribution >= 0.6 is 0 Å². The maximum atomic E-state index is 12.6. The van der Waals surface area contributed by atoms with Crippen LogP contribution in [0.1, 0.15) is 42.0 Å². The molecule has 1 aliphatic carbocycles. The molecule has 3 aromatic rings. The minimum atomic E-state index is -1.01. The van der Waals surface area contributed by atoms with Gasteiger partial charge < -0.3 is 19.9 Å². The Labute approximate surface area is 186 Å². The SMILES string of the molecule is CCOc1ccc(C(CC(=O)O)NC(=O)OCC2c3ccccc3-c3ccccc32)cc1. The topological polar surface area (TPSA) is 84.9 Å². The normalized spacial score (nSPS) is 13.0. The maximum absolute atomic E-state index is 12.6. The highest BCUT2D eigenvalue weighted by atomic mass is 16.5.